The Balaban J connectivity index is 2.44. The Kier molecular flexibility index (Phi) is 4.98. The third-order valence-corrected chi connectivity index (χ3v) is 3.47. The largest absolute Gasteiger partial charge is 0.495 e. The van der Waals surface area contributed by atoms with Crippen molar-refractivity contribution in [3.8, 4) is 5.75 Å². The predicted molar refractivity (Wildman–Crippen MR) is 85.8 cm³/mol. The lowest BCUT2D eigenvalue weighted by molar-refractivity contribution is 0.415. The molecule has 0 saturated heterocycles. The fourth-order valence-electron chi connectivity index (χ4n) is 2.12. The third kappa shape index (κ3) is 3.11. The molecule has 0 saturated carbocycles. The van der Waals surface area contributed by atoms with Crippen LogP contribution in [0.2, 0.25) is 0 Å². The van der Waals surface area contributed by atoms with E-state index in [1.165, 1.54) is 0 Å². The van der Waals surface area contributed by atoms with E-state index in [2.05, 4.69) is 32.3 Å². The summed E-state index contributed by atoms with van der Waals surface area (Å²) in [6.07, 6.45) is 1.81. The number of hydrogen-bond donors (Lipinski definition) is 1. The highest BCUT2D eigenvalue weighted by atomic mass is 79.9. The molecule has 1 N–H and O–H groups in total. The Morgan fingerprint density at radius 1 is 1.35 bits per heavy atom. The van der Waals surface area contributed by atoms with Crippen molar-refractivity contribution in [2.75, 3.05) is 26.1 Å². The van der Waals surface area contributed by atoms with Crippen LogP contribution in [0.4, 0.5) is 11.5 Å². The van der Waals surface area contributed by atoms with E-state index in [0.717, 1.165) is 33.8 Å². The summed E-state index contributed by atoms with van der Waals surface area (Å²) in [5.74, 6) is 1.74. The molecule has 1 aromatic heterocycles. The van der Waals surface area contributed by atoms with Crippen LogP contribution in [0.25, 0.3) is 0 Å². The minimum atomic E-state index is 0.751. The molecule has 0 amide bonds. The Morgan fingerprint density at radius 2 is 2.10 bits per heavy atom. The summed E-state index contributed by atoms with van der Waals surface area (Å²) in [4.78, 5) is 6.57. The van der Waals surface area contributed by atoms with Crippen molar-refractivity contribution < 1.29 is 4.74 Å². The number of nitrogens with one attached hydrogen (secondary N) is 1. The van der Waals surface area contributed by atoms with Crippen molar-refractivity contribution in [2.24, 2.45) is 0 Å². The summed E-state index contributed by atoms with van der Waals surface area (Å²) in [5.41, 5.74) is 2.11. The molecule has 0 fully saturated rings. The molecular formula is C15H18BrN3O. The summed E-state index contributed by atoms with van der Waals surface area (Å²) < 4.78 is 6.39. The Bertz CT molecular complexity index is 589. The van der Waals surface area contributed by atoms with Gasteiger partial charge in [-0.1, -0.05) is 12.1 Å². The smallest absolute Gasteiger partial charge is 0.142 e. The highest BCUT2D eigenvalue weighted by molar-refractivity contribution is 9.10. The first-order valence-electron chi connectivity index (χ1n) is 6.33. The number of para-hydroxylation sites is 2. The van der Waals surface area contributed by atoms with Crippen molar-refractivity contribution >= 4 is 27.4 Å². The lowest BCUT2D eigenvalue weighted by Gasteiger charge is -2.23. The van der Waals surface area contributed by atoms with E-state index in [1.807, 2.05) is 43.3 Å². The van der Waals surface area contributed by atoms with E-state index in [-0.39, 0.29) is 0 Å². The van der Waals surface area contributed by atoms with Gasteiger partial charge >= 0.3 is 0 Å². The number of benzene rings is 1. The number of ether oxygens (including phenoxy) is 1. The number of hydrogen-bond acceptors (Lipinski definition) is 4. The maximum Gasteiger partial charge on any atom is 0.142 e. The van der Waals surface area contributed by atoms with Crippen LogP contribution in [0, 0.1) is 0 Å². The van der Waals surface area contributed by atoms with Crippen LogP contribution < -0.4 is 15.0 Å². The van der Waals surface area contributed by atoms with Gasteiger partial charge in [-0.25, -0.2) is 4.98 Å². The number of halogens is 1. The molecule has 0 bridgehead atoms. The van der Waals surface area contributed by atoms with Crippen molar-refractivity contribution in [2.45, 2.75) is 6.54 Å². The SMILES string of the molecule is CNCc1cc(Br)cnc1N(C)c1ccccc1OC. The Hall–Kier alpha value is -1.59. The summed E-state index contributed by atoms with van der Waals surface area (Å²) in [7, 11) is 5.59. The monoisotopic (exact) mass is 335 g/mol. The van der Waals surface area contributed by atoms with E-state index >= 15 is 0 Å². The summed E-state index contributed by atoms with van der Waals surface area (Å²) in [5, 5.41) is 3.17. The zero-order chi connectivity index (χ0) is 14.5. The van der Waals surface area contributed by atoms with Gasteiger partial charge in [-0.3, -0.25) is 0 Å². The van der Waals surface area contributed by atoms with Crippen LogP contribution in [0.15, 0.2) is 41.0 Å². The number of rotatable bonds is 5. The Labute approximate surface area is 127 Å². The van der Waals surface area contributed by atoms with Crippen LogP contribution in [-0.2, 0) is 6.54 Å². The van der Waals surface area contributed by atoms with Crippen molar-refractivity contribution in [3.63, 3.8) is 0 Å². The van der Waals surface area contributed by atoms with Gasteiger partial charge in [-0.15, -0.1) is 0 Å². The maximum atomic E-state index is 5.42. The highest BCUT2D eigenvalue weighted by Crippen LogP contribution is 2.33. The molecule has 1 heterocycles. The lowest BCUT2D eigenvalue weighted by Crippen LogP contribution is -2.17. The molecular weight excluding hydrogens is 318 g/mol. The van der Waals surface area contributed by atoms with Gasteiger partial charge in [-0.05, 0) is 41.2 Å². The van der Waals surface area contributed by atoms with Crippen LogP contribution in [0.3, 0.4) is 0 Å². The first kappa shape index (κ1) is 14.8. The topological polar surface area (TPSA) is 37.4 Å². The molecule has 106 valence electrons. The molecule has 0 spiro atoms. The van der Waals surface area contributed by atoms with Gasteiger partial charge in [0.1, 0.15) is 11.6 Å². The normalized spacial score (nSPS) is 10.4. The van der Waals surface area contributed by atoms with Crippen molar-refractivity contribution in [1.29, 1.82) is 0 Å². The van der Waals surface area contributed by atoms with E-state index in [1.54, 1.807) is 13.3 Å². The average molecular weight is 336 g/mol. The third-order valence-electron chi connectivity index (χ3n) is 3.04. The molecule has 0 unspecified atom stereocenters. The first-order valence-corrected chi connectivity index (χ1v) is 7.12. The fourth-order valence-corrected chi connectivity index (χ4v) is 2.50. The Morgan fingerprint density at radius 3 is 2.80 bits per heavy atom. The molecule has 5 heteroatoms. The summed E-state index contributed by atoms with van der Waals surface area (Å²) in [6, 6.07) is 9.99. The number of anilines is 2. The van der Waals surface area contributed by atoms with Crippen molar-refractivity contribution in [3.05, 3.63) is 46.6 Å². The molecule has 2 rings (SSSR count). The molecule has 2 aromatic rings. The number of nitrogens with zero attached hydrogens (tertiary/aromatic N) is 2. The zero-order valence-electron chi connectivity index (χ0n) is 11.9. The second kappa shape index (κ2) is 6.72. The number of methoxy groups -OCH3 is 1. The molecule has 0 atom stereocenters. The molecule has 0 aliphatic carbocycles. The first-order chi connectivity index (χ1) is 9.67. The van der Waals surface area contributed by atoms with Crippen LogP contribution in [-0.4, -0.2) is 26.2 Å². The fraction of sp³-hybridized carbons (Fsp3) is 0.267. The second-order valence-electron chi connectivity index (χ2n) is 4.40. The van der Waals surface area contributed by atoms with Gasteiger partial charge in [0.2, 0.25) is 0 Å². The molecule has 0 aliphatic rings. The molecule has 1 aromatic carbocycles. The van der Waals surface area contributed by atoms with Crippen LogP contribution in [0.1, 0.15) is 5.56 Å². The molecule has 0 radical (unpaired) electrons. The van der Waals surface area contributed by atoms with Gasteiger partial charge in [0.25, 0.3) is 0 Å². The average Bonchev–Trinajstić information content (AvgIpc) is 2.47. The predicted octanol–water partition coefficient (Wildman–Crippen LogP) is 3.34. The van der Waals surface area contributed by atoms with Gasteiger partial charge in [-0.2, -0.15) is 0 Å². The van der Waals surface area contributed by atoms with E-state index in [4.69, 9.17) is 4.74 Å². The van der Waals surface area contributed by atoms with E-state index in [0.29, 0.717) is 0 Å². The van der Waals surface area contributed by atoms with E-state index < -0.39 is 0 Å². The zero-order valence-corrected chi connectivity index (χ0v) is 13.4. The van der Waals surface area contributed by atoms with Crippen molar-refractivity contribution in [1.82, 2.24) is 10.3 Å². The molecule has 0 aliphatic heterocycles. The molecule has 20 heavy (non-hydrogen) atoms. The quantitative estimate of drug-likeness (QED) is 0.909. The van der Waals surface area contributed by atoms with Gasteiger partial charge in [0, 0.05) is 29.8 Å². The van der Waals surface area contributed by atoms with Crippen LogP contribution >= 0.6 is 15.9 Å². The summed E-state index contributed by atoms with van der Waals surface area (Å²) in [6.45, 7) is 0.751. The van der Waals surface area contributed by atoms with Crippen LogP contribution in [0.5, 0.6) is 5.75 Å². The lowest BCUT2D eigenvalue weighted by atomic mass is 10.2. The summed E-state index contributed by atoms with van der Waals surface area (Å²) >= 11 is 3.47. The van der Waals surface area contributed by atoms with Gasteiger partial charge in [0.15, 0.2) is 0 Å². The molecule has 4 nitrogen and oxygen atoms in total. The number of aromatic nitrogens is 1. The standard InChI is InChI=1S/C15H18BrN3O/c1-17-9-11-8-12(16)10-18-15(11)19(2)13-6-4-5-7-14(13)20-3/h4-8,10,17H,9H2,1-3H3. The van der Waals surface area contributed by atoms with E-state index in [9.17, 15) is 0 Å². The minimum absolute atomic E-state index is 0.751. The maximum absolute atomic E-state index is 5.42. The second-order valence-corrected chi connectivity index (χ2v) is 5.31. The van der Waals surface area contributed by atoms with Gasteiger partial charge < -0.3 is 15.0 Å². The number of pyridine rings is 1. The highest BCUT2D eigenvalue weighted by Gasteiger charge is 2.14. The minimum Gasteiger partial charge on any atom is -0.495 e. The van der Waals surface area contributed by atoms with Gasteiger partial charge in [0.05, 0.1) is 12.8 Å².